The van der Waals surface area contributed by atoms with Crippen molar-refractivity contribution < 1.29 is 23.1 Å². The number of hydrogen-bond donors (Lipinski definition) is 1. The zero-order chi connectivity index (χ0) is 11.5. The molecule has 5 heteroatoms. The van der Waals surface area contributed by atoms with E-state index in [-0.39, 0.29) is 5.56 Å². The molecule has 0 heterocycles. The average molecular weight is 216 g/mol. The van der Waals surface area contributed by atoms with Crippen molar-refractivity contribution in [2.45, 2.75) is 6.18 Å². The van der Waals surface area contributed by atoms with Gasteiger partial charge in [0, 0.05) is 6.08 Å². The third-order valence-corrected chi connectivity index (χ3v) is 1.67. The van der Waals surface area contributed by atoms with Crippen LogP contribution in [0.3, 0.4) is 0 Å². The van der Waals surface area contributed by atoms with Gasteiger partial charge in [0.1, 0.15) is 0 Å². The first kappa shape index (κ1) is 11.3. The largest absolute Gasteiger partial charge is 0.478 e. The minimum absolute atomic E-state index is 0.160. The summed E-state index contributed by atoms with van der Waals surface area (Å²) in [6, 6.07) is 4.78. The zero-order valence-electron chi connectivity index (χ0n) is 7.45. The van der Waals surface area contributed by atoms with Crippen LogP contribution in [0.25, 0.3) is 6.08 Å². The standard InChI is InChI=1S/C10H7F3O2/c11-10(12,13)8-4-2-1-3-7(8)5-6-9(14)15/h1-6H,(H,14,15)/b6-5+. The van der Waals surface area contributed by atoms with Crippen LogP contribution in [0.4, 0.5) is 13.2 Å². The number of halogens is 3. The highest BCUT2D eigenvalue weighted by Gasteiger charge is 2.32. The van der Waals surface area contributed by atoms with E-state index in [1.807, 2.05) is 0 Å². The highest BCUT2D eigenvalue weighted by Crippen LogP contribution is 2.32. The number of alkyl halides is 3. The molecule has 1 aromatic rings. The quantitative estimate of drug-likeness (QED) is 0.772. The molecule has 0 aromatic heterocycles. The van der Waals surface area contributed by atoms with Crippen LogP contribution in [-0.4, -0.2) is 11.1 Å². The van der Waals surface area contributed by atoms with E-state index in [2.05, 4.69) is 0 Å². The maximum atomic E-state index is 12.4. The maximum Gasteiger partial charge on any atom is 0.416 e. The van der Waals surface area contributed by atoms with Crippen molar-refractivity contribution in [1.29, 1.82) is 0 Å². The Labute approximate surface area is 83.7 Å². The summed E-state index contributed by atoms with van der Waals surface area (Å²) in [5, 5.41) is 8.30. The Hall–Kier alpha value is -1.78. The molecule has 0 atom stereocenters. The van der Waals surface area contributed by atoms with Gasteiger partial charge in [0.2, 0.25) is 0 Å². The topological polar surface area (TPSA) is 37.3 Å². The van der Waals surface area contributed by atoms with Gasteiger partial charge in [-0.3, -0.25) is 0 Å². The first-order chi connectivity index (χ1) is 6.91. The van der Waals surface area contributed by atoms with Crippen molar-refractivity contribution in [3.8, 4) is 0 Å². The number of hydrogen-bond acceptors (Lipinski definition) is 1. The van der Waals surface area contributed by atoms with E-state index in [4.69, 9.17) is 5.11 Å². The van der Waals surface area contributed by atoms with Gasteiger partial charge in [-0.1, -0.05) is 18.2 Å². The van der Waals surface area contributed by atoms with Gasteiger partial charge in [-0.15, -0.1) is 0 Å². The van der Waals surface area contributed by atoms with Gasteiger partial charge in [-0.05, 0) is 17.7 Å². The third kappa shape index (κ3) is 3.12. The average Bonchev–Trinajstić information content (AvgIpc) is 2.13. The van der Waals surface area contributed by atoms with Crippen molar-refractivity contribution in [3.63, 3.8) is 0 Å². The first-order valence-corrected chi connectivity index (χ1v) is 3.98. The monoisotopic (exact) mass is 216 g/mol. The van der Waals surface area contributed by atoms with E-state index in [0.717, 1.165) is 12.1 Å². The van der Waals surface area contributed by atoms with E-state index < -0.39 is 17.7 Å². The first-order valence-electron chi connectivity index (χ1n) is 3.98. The number of benzene rings is 1. The summed E-state index contributed by atoms with van der Waals surface area (Å²) >= 11 is 0. The van der Waals surface area contributed by atoms with E-state index >= 15 is 0 Å². The molecular weight excluding hydrogens is 209 g/mol. The van der Waals surface area contributed by atoms with Crippen molar-refractivity contribution in [3.05, 3.63) is 41.5 Å². The molecule has 0 unspecified atom stereocenters. The van der Waals surface area contributed by atoms with Crippen molar-refractivity contribution in [1.82, 2.24) is 0 Å². The predicted molar refractivity (Wildman–Crippen MR) is 48.1 cm³/mol. The number of rotatable bonds is 2. The summed E-state index contributed by atoms with van der Waals surface area (Å²) in [6.07, 6.45) is -2.88. The molecule has 0 saturated heterocycles. The van der Waals surface area contributed by atoms with Crippen LogP contribution in [0.1, 0.15) is 11.1 Å². The highest BCUT2D eigenvalue weighted by molar-refractivity contribution is 5.85. The Morgan fingerprint density at radius 1 is 1.27 bits per heavy atom. The molecule has 0 aliphatic carbocycles. The Bertz CT molecular complexity index is 394. The second kappa shape index (κ2) is 4.16. The maximum absolute atomic E-state index is 12.4. The molecule has 15 heavy (non-hydrogen) atoms. The molecule has 1 N–H and O–H groups in total. The molecule has 0 aliphatic heterocycles. The SMILES string of the molecule is O=C(O)/C=C/c1ccccc1C(F)(F)F. The summed E-state index contributed by atoms with van der Waals surface area (Å²) in [6.45, 7) is 0. The highest BCUT2D eigenvalue weighted by atomic mass is 19.4. The van der Waals surface area contributed by atoms with Gasteiger partial charge in [0.05, 0.1) is 5.56 Å². The van der Waals surface area contributed by atoms with Crippen LogP contribution < -0.4 is 0 Å². The van der Waals surface area contributed by atoms with E-state index in [9.17, 15) is 18.0 Å². The fraction of sp³-hybridized carbons (Fsp3) is 0.100. The van der Waals surface area contributed by atoms with E-state index in [1.54, 1.807) is 0 Å². The Morgan fingerprint density at radius 2 is 1.87 bits per heavy atom. The lowest BCUT2D eigenvalue weighted by atomic mass is 10.1. The van der Waals surface area contributed by atoms with Crippen molar-refractivity contribution in [2.75, 3.05) is 0 Å². The number of carboxylic acid groups (broad SMARTS) is 1. The minimum Gasteiger partial charge on any atom is -0.478 e. The minimum atomic E-state index is -4.47. The normalized spacial score (nSPS) is 11.9. The van der Waals surface area contributed by atoms with Crippen LogP contribution in [0.5, 0.6) is 0 Å². The van der Waals surface area contributed by atoms with Gasteiger partial charge >= 0.3 is 12.1 Å². The number of aliphatic carboxylic acids is 1. The zero-order valence-corrected chi connectivity index (χ0v) is 7.45. The second-order valence-corrected chi connectivity index (χ2v) is 2.76. The smallest absolute Gasteiger partial charge is 0.416 e. The fourth-order valence-electron chi connectivity index (χ4n) is 1.06. The molecule has 0 fully saturated rings. The summed E-state index contributed by atoms with van der Waals surface area (Å²) in [5.41, 5.74) is -1.00. The van der Waals surface area contributed by atoms with Crippen LogP contribution >= 0.6 is 0 Å². The van der Waals surface area contributed by atoms with Gasteiger partial charge in [-0.25, -0.2) is 4.79 Å². The molecule has 0 spiro atoms. The molecule has 80 valence electrons. The molecular formula is C10H7F3O2. The molecule has 2 nitrogen and oxygen atoms in total. The number of carbonyl (C=O) groups is 1. The summed E-state index contributed by atoms with van der Waals surface area (Å²) < 4.78 is 37.2. The predicted octanol–water partition coefficient (Wildman–Crippen LogP) is 2.80. The Balaban J connectivity index is 3.13. The molecule has 0 bridgehead atoms. The summed E-state index contributed by atoms with van der Waals surface area (Å²) in [7, 11) is 0. The summed E-state index contributed by atoms with van der Waals surface area (Å²) in [5.74, 6) is -1.29. The van der Waals surface area contributed by atoms with Crippen LogP contribution in [0.2, 0.25) is 0 Å². The summed E-state index contributed by atoms with van der Waals surface area (Å²) in [4.78, 5) is 10.2. The van der Waals surface area contributed by atoms with E-state index in [0.29, 0.717) is 6.08 Å². The molecule has 0 aliphatic rings. The lowest BCUT2D eigenvalue weighted by Crippen LogP contribution is -2.06. The molecule has 1 rings (SSSR count). The Kier molecular flexibility index (Phi) is 3.14. The van der Waals surface area contributed by atoms with E-state index in [1.165, 1.54) is 18.2 Å². The molecule has 1 aromatic carbocycles. The second-order valence-electron chi connectivity index (χ2n) is 2.76. The fourth-order valence-corrected chi connectivity index (χ4v) is 1.06. The van der Waals surface area contributed by atoms with Crippen LogP contribution in [-0.2, 0) is 11.0 Å². The van der Waals surface area contributed by atoms with Gasteiger partial charge in [-0.2, -0.15) is 13.2 Å². The van der Waals surface area contributed by atoms with Crippen LogP contribution in [0, 0.1) is 0 Å². The lowest BCUT2D eigenvalue weighted by Gasteiger charge is -2.09. The molecule has 0 amide bonds. The van der Waals surface area contributed by atoms with Gasteiger partial charge in [0.15, 0.2) is 0 Å². The number of carboxylic acids is 1. The lowest BCUT2D eigenvalue weighted by molar-refractivity contribution is -0.138. The third-order valence-electron chi connectivity index (χ3n) is 1.67. The van der Waals surface area contributed by atoms with Crippen LogP contribution in [0.15, 0.2) is 30.3 Å². The van der Waals surface area contributed by atoms with Gasteiger partial charge in [0.25, 0.3) is 0 Å². The molecule has 0 radical (unpaired) electrons. The Morgan fingerprint density at radius 3 is 2.40 bits per heavy atom. The van der Waals surface area contributed by atoms with Crippen molar-refractivity contribution in [2.24, 2.45) is 0 Å². The molecule has 0 saturated carbocycles. The van der Waals surface area contributed by atoms with Crippen molar-refractivity contribution >= 4 is 12.0 Å². The van der Waals surface area contributed by atoms with Gasteiger partial charge < -0.3 is 5.11 Å².